The molecule has 19 nitrogen and oxygen atoms in total. The van der Waals surface area contributed by atoms with Crippen LogP contribution in [0.15, 0.2) is 30.6 Å². The Balaban J connectivity index is 1.84. The molecule has 0 saturated carbocycles. The summed E-state index contributed by atoms with van der Waals surface area (Å²) in [5.74, 6) is -2.81. The summed E-state index contributed by atoms with van der Waals surface area (Å²) in [6, 6.07) is 8.02. The second-order valence-corrected chi connectivity index (χ2v) is 16.9. The summed E-state index contributed by atoms with van der Waals surface area (Å²) in [7, 11) is 0. The monoisotopic (exact) mass is 876 g/mol. The highest BCUT2D eigenvalue weighted by atomic mass is 35.5. The molecule has 0 aliphatic carbocycles. The molecule has 1 aliphatic heterocycles. The normalized spacial score (nSPS) is 18.2. The van der Waals surface area contributed by atoms with Gasteiger partial charge in [0.15, 0.2) is 35.5 Å². The number of esters is 2. The van der Waals surface area contributed by atoms with Crippen LogP contribution in [0.4, 0.5) is 24.6 Å². The number of imide groups is 1. The maximum absolute atomic E-state index is 17.0. The van der Waals surface area contributed by atoms with Gasteiger partial charge in [0.25, 0.3) is 5.60 Å². The largest absolute Gasteiger partial charge is 0.509 e. The van der Waals surface area contributed by atoms with Gasteiger partial charge in [0.1, 0.15) is 22.9 Å². The highest BCUT2D eigenvalue weighted by Crippen LogP contribution is 2.39. The molecule has 21 heteroatoms. The molecule has 0 unspecified atom stereocenters. The molecular weight excluding hydrogens is 827 g/mol. The molecule has 61 heavy (non-hydrogen) atoms. The van der Waals surface area contributed by atoms with Gasteiger partial charge in [-0.1, -0.05) is 12.1 Å². The van der Waals surface area contributed by atoms with Gasteiger partial charge < -0.3 is 37.9 Å². The fraction of sp³-hybridized carbons (Fsp3) is 0.575. The van der Waals surface area contributed by atoms with E-state index >= 15 is 4.39 Å². The lowest BCUT2D eigenvalue weighted by molar-refractivity contribution is -0.197. The van der Waals surface area contributed by atoms with Crippen LogP contribution >= 0.6 is 11.6 Å². The maximum atomic E-state index is 17.0. The molecule has 4 atom stereocenters. The van der Waals surface area contributed by atoms with Gasteiger partial charge in [0.2, 0.25) is 5.28 Å². The highest BCUT2D eigenvalue weighted by molar-refractivity contribution is 6.29. The summed E-state index contributed by atoms with van der Waals surface area (Å²) in [6.45, 7) is 15.9. The lowest BCUT2D eigenvalue weighted by Gasteiger charge is -2.31. The number of rotatable bonds is 12. The van der Waals surface area contributed by atoms with E-state index in [2.05, 4.69) is 15.0 Å². The van der Waals surface area contributed by atoms with Crippen LogP contribution < -0.4 is 4.90 Å². The Labute approximate surface area is 356 Å². The minimum absolute atomic E-state index is 0.181. The maximum Gasteiger partial charge on any atom is 0.509 e. The van der Waals surface area contributed by atoms with Gasteiger partial charge in [0.05, 0.1) is 37.8 Å². The minimum atomic E-state index is -2.53. The molecule has 1 saturated heterocycles. The van der Waals surface area contributed by atoms with Crippen LogP contribution in [0.3, 0.4) is 0 Å². The van der Waals surface area contributed by atoms with Crippen molar-refractivity contribution in [3.63, 3.8) is 0 Å². The quantitative estimate of drug-likeness (QED) is 0.0796. The number of nitrogens with zero attached hydrogens (tertiary/aromatic N) is 6. The van der Waals surface area contributed by atoms with E-state index in [1.807, 2.05) is 6.07 Å². The summed E-state index contributed by atoms with van der Waals surface area (Å²) in [5.41, 5.74) is -5.80. The third-order valence-electron chi connectivity index (χ3n) is 8.12. The summed E-state index contributed by atoms with van der Waals surface area (Å²) in [6.07, 6.45) is -10.7. The minimum Gasteiger partial charge on any atom is -0.463 e. The van der Waals surface area contributed by atoms with Crippen molar-refractivity contribution < 1.29 is 66.3 Å². The highest BCUT2D eigenvalue weighted by Gasteiger charge is 2.55. The van der Waals surface area contributed by atoms with Crippen LogP contribution in [0.5, 0.6) is 0 Å². The third-order valence-corrected chi connectivity index (χ3v) is 8.29. The fourth-order valence-electron chi connectivity index (χ4n) is 5.81. The predicted octanol–water partition coefficient (Wildman–Crippen LogP) is 6.71. The molecule has 2 aromatic heterocycles. The van der Waals surface area contributed by atoms with Gasteiger partial charge in [-0.25, -0.2) is 33.3 Å². The van der Waals surface area contributed by atoms with E-state index in [0.29, 0.717) is 10.5 Å². The van der Waals surface area contributed by atoms with Crippen molar-refractivity contribution in [2.45, 2.75) is 130 Å². The molecule has 1 aromatic carbocycles. The lowest BCUT2D eigenvalue weighted by Crippen LogP contribution is -2.54. The number of amides is 2. The van der Waals surface area contributed by atoms with E-state index in [9.17, 15) is 29.2 Å². The number of fused-ring (bicyclic) bond motifs is 1. The van der Waals surface area contributed by atoms with Crippen molar-refractivity contribution in [3.8, 4) is 6.07 Å². The number of ether oxygens (including phenoxy) is 8. The Morgan fingerprint density at radius 3 is 2.00 bits per heavy atom. The second kappa shape index (κ2) is 19.0. The summed E-state index contributed by atoms with van der Waals surface area (Å²) in [4.78, 5) is 80.7. The number of hydrogen-bond donors (Lipinski definition) is 0. The zero-order valence-electron chi connectivity index (χ0n) is 35.8. The number of carbonyl (C=O) groups excluding carboxylic acids is 5. The van der Waals surface area contributed by atoms with Crippen molar-refractivity contribution in [1.82, 2.24) is 19.5 Å². The molecule has 1 fully saturated rings. The van der Waals surface area contributed by atoms with Crippen molar-refractivity contribution in [2.24, 2.45) is 0 Å². The number of nitriles is 1. The molecule has 332 valence electrons. The molecule has 3 heterocycles. The van der Waals surface area contributed by atoms with Gasteiger partial charge in [0, 0.05) is 6.42 Å². The van der Waals surface area contributed by atoms with E-state index in [-0.39, 0.29) is 29.9 Å². The molecule has 0 radical (unpaired) electrons. The van der Waals surface area contributed by atoms with Crippen molar-refractivity contribution in [1.29, 1.82) is 5.26 Å². The van der Waals surface area contributed by atoms with Crippen LogP contribution in [-0.2, 0) is 53.9 Å². The third kappa shape index (κ3) is 12.0. The Morgan fingerprint density at radius 2 is 1.48 bits per heavy atom. The summed E-state index contributed by atoms with van der Waals surface area (Å²) < 4.78 is 62.6. The van der Waals surface area contributed by atoms with Crippen molar-refractivity contribution in [3.05, 3.63) is 47.0 Å². The van der Waals surface area contributed by atoms with E-state index in [1.165, 1.54) is 32.0 Å². The zero-order valence-corrected chi connectivity index (χ0v) is 36.5. The molecule has 0 N–H and O–H groups in total. The molecule has 0 bridgehead atoms. The Kier molecular flexibility index (Phi) is 14.9. The number of hydrogen-bond acceptors (Lipinski definition) is 17. The standard InChI is InChI=1S/C40H50ClFN6O13/c1-12-54-31(49)40(32(50)55-13-2,18-22-15-14-16-23(17-22)19-43)56-20-24-27(58-36(53)61-39(9,10)11)25(42)30(57-24)47-21-44-26-28(47)45-33(41)46-29(26)48(34(51)59-37(3,4)5)35(52)60-38(6,7)8/h14-17,21,24-25,27,30H,12-13,18,20H2,1-11H3/t24-,25+,27-,30-/m1/s1. The SMILES string of the molecule is CCOC(=O)C(Cc1cccc(C#N)c1)(OC[C@H]1O[C@@H](n2cnc3c(N(C(=O)OC(C)(C)C)C(=O)OC(C)(C)C)nc(Cl)nc32)[C@@H](F)[C@@H]1OC(=O)OC(C)(C)C)C(=O)OCC. The van der Waals surface area contributed by atoms with Crippen LogP contribution in [0.2, 0.25) is 5.28 Å². The number of imidazole rings is 1. The van der Waals surface area contributed by atoms with E-state index in [4.69, 9.17) is 49.5 Å². The molecule has 2 amide bonds. The number of anilines is 1. The fourth-order valence-corrected chi connectivity index (χ4v) is 5.97. The number of aromatic nitrogens is 4. The van der Waals surface area contributed by atoms with Gasteiger partial charge in [-0.2, -0.15) is 20.1 Å². The number of benzene rings is 1. The Bertz CT molecular complexity index is 2110. The van der Waals surface area contributed by atoms with Crippen molar-refractivity contribution in [2.75, 3.05) is 24.7 Å². The number of alkyl halides is 1. The topological polar surface area (TPSA) is 230 Å². The van der Waals surface area contributed by atoms with Gasteiger partial charge >= 0.3 is 30.3 Å². The van der Waals surface area contributed by atoms with Crippen molar-refractivity contribution >= 4 is 58.9 Å². The molecule has 3 aromatic rings. The molecule has 1 aliphatic rings. The first-order chi connectivity index (χ1) is 28.3. The first-order valence-electron chi connectivity index (χ1n) is 19.2. The van der Waals surface area contributed by atoms with Crippen LogP contribution in [0.25, 0.3) is 11.2 Å². The average Bonchev–Trinajstić information content (AvgIpc) is 3.67. The van der Waals surface area contributed by atoms with E-state index < -0.39 is 101 Å². The summed E-state index contributed by atoms with van der Waals surface area (Å²) in [5, 5.41) is 8.99. The first kappa shape index (κ1) is 48.0. The average molecular weight is 877 g/mol. The zero-order chi connectivity index (χ0) is 45.7. The van der Waals surface area contributed by atoms with Gasteiger partial charge in [-0.3, -0.25) is 4.57 Å². The van der Waals surface area contributed by atoms with E-state index in [1.54, 1.807) is 68.4 Å². The smallest absolute Gasteiger partial charge is 0.463 e. The van der Waals surface area contributed by atoms with Crippen LogP contribution in [-0.4, -0.2) is 110 Å². The predicted molar refractivity (Wildman–Crippen MR) is 212 cm³/mol. The molecular formula is C40H50ClFN6O13. The summed E-state index contributed by atoms with van der Waals surface area (Å²) >= 11 is 6.36. The van der Waals surface area contributed by atoms with Gasteiger partial charge in [-0.15, -0.1) is 0 Å². The number of halogens is 2. The molecule has 4 rings (SSSR count). The first-order valence-corrected chi connectivity index (χ1v) is 19.5. The van der Waals surface area contributed by atoms with E-state index in [0.717, 1.165) is 10.9 Å². The van der Waals surface area contributed by atoms with Gasteiger partial charge in [-0.05, 0) is 105 Å². The molecule has 0 spiro atoms. The Hall–Kier alpha value is -5.65. The lowest BCUT2D eigenvalue weighted by atomic mass is 9.93. The number of carbonyl (C=O) groups is 5. The van der Waals surface area contributed by atoms with Crippen LogP contribution in [0.1, 0.15) is 93.5 Å². The van der Waals surface area contributed by atoms with Crippen LogP contribution in [0, 0.1) is 11.3 Å². The second-order valence-electron chi connectivity index (χ2n) is 16.6. The Morgan fingerprint density at radius 1 is 0.902 bits per heavy atom.